The Labute approximate surface area is 105 Å². The zero-order valence-corrected chi connectivity index (χ0v) is 10.1. The molecular weight excluding hydrogens is 250 g/mol. The number of carbonyl (C=O) groups excluding carboxylic acids is 1. The maximum absolute atomic E-state index is 12.0. The zero-order valence-electron chi connectivity index (χ0n) is 9.27. The van der Waals surface area contributed by atoms with Crippen molar-refractivity contribution in [2.24, 2.45) is 5.73 Å². The maximum atomic E-state index is 12.0. The van der Waals surface area contributed by atoms with E-state index in [1.165, 1.54) is 11.3 Å². The summed E-state index contributed by atoms with van der Waals surface area (Å²) in [5, 5.41) is 1.46. The van der Waals surface area contributed by atoms with Crippen LogP contribution in [0.5, 0.6) is 0 Å². The van der Waals surface area contributed by atoms with Gasteiger partial charge in [-0.25, -0.2) is 4.98 Å². The summed E-state index contributed by atoms with van der Waals surface area (Å²) >= 11 is 1.43. The van der Waals surface area contributed by atoms with Crippen molar-refractivity contribution in [1.29, 1.82) is 0 Å². The fourth-order valence-corrected chi connectivity index (χ4v) is 3.02. The molecule has 0 aliphatic heterocycles. The molecule has 0 spiro atoms. The lowest BCUT2D eigenvalue weighted by molar-refractivity contribution is -0.117. The standard InChI is InChI=1S/C12H9N3O2S/c13-8(16)5-9-14-11(17)10-6-3-1-2-4-7(6)18-12(10)15-9/h1-4H,5H2,(H2,13,16)(H,14,15,17). The molecule has 0 bridgehead atoms. The van der Waals surface area contributed by atoms with Gasteiger partial charge in [-0.2, -0.15) is 0 Å². The summed E-state index contributed by atoms with van der Waals surface area (Å²) in [6.07, 6.45) is -0.0561. The number of nitrogens with two attached hydrogens (primary N) is 1. The first-order valence-electron chi connectivity index (χ1n) is 5.34. The SMILES string of the molecule is NC(=O)Cc1nc2sc3ccccc3c2c(=O)[nH]1. The summed E-state index contributed by atoms with van der Waals surface area (Å²) in [5.74, 6) is -0.204. The minimum Gasteiger partial charge on any atom is -0.369 e. The average molecular weight is 259 g/mol. The third-order valence-electron chi connectivity index (χ3n) is 2.64. The molecule has 2 aromatic heterocycles. The summed E-state index contributed by atoms with van der Waals surface area (Å²) in [6.45, 7) is 0. The van der Waals surface area contributed by atoms with Gasteiger partial charge in [-0.15, -0.1) is 11.3 Å². The number of thiophene rings is 1. The van der Waals surface area contributed by atoms with Crippen molar-refractivity contribution in [2.45, 2.75) is 6.42 Å². The first-order chi connectivity index (χ1) is 8.65. The Kier molecular flexibility index (Phi) is 2.38. The lowest BCUT2D eigenvalue weighted by Crippen LogP contribution is -2.19. The molecular formula is C12H9N3O2S. The van der Waals surface area contributed by atoms with Gasteiger partial charge >= 0.3 is 0 Å². The van der Waals surface area contributed by atoms with Gasteiger partial charge in [-0.1, -0.05) is 18.2 Å². The van der Waals surface area contributed by atoms with Gasteiger partial charge in [0, 0.05) is 10.1 Å². The van der Waals surface area contributed by atoms with E-state index >= 15 is 0 Å². The molecule has 0 atom stereocenters. The van der Waals surface area contributed by atoms with Crippen LogP contribution in [0.25, 0.3) is 20.3 Å². The molecule has 1 amide bonds. The van der Waals surface area contributed by atoms with Crippen LogP contribution < -0.4 is 11.3 Å². The Balaban J connectivity index is 2.35. The molecule has 0 unspecified atom stereocenters. The van der Waals surface area contributed by atoms with Gasteiger partial charge in [0.25, 0.3) is 5.56 Å². The molecule has 0 aliphatic rings. The highest BCUT2D eigenvalue weighted by molar-refractivity contribution is 7.25. The van der Waals surface area contributed by atoms with Gasteiger partial charge in [0.15, 0.2) is 0 Å². The number of nitrogens with one attached hydrogen (secondary N) is 1. The quantitative estimate of drug-likeness (QED) is 0.723. The zero-order chi connectivity index (χ0) is 12.7. The number of rotatable bonds is 2. The van der Waals surface area contributed by atoms with Crippen molar-refractivity contribution in [3.05, 3.63) is 40.4 Å². The fraction of sp³-hybridized carbons (Fsp3) is 0.0833. The van der Waals surface area contributed by atoms with E-state index in [4.69, 9.17) is 5.73 Å². The van der Waals surface area contributed by atoms with Crippen LogP contribution in [0.4, 0.5) is 0 Å². The van der Waals surface area contributed by atoms with Crippen molar-refractivity contribution < 1.29 is 4.79 Å². The Morgan fingerprint density at radius 1 is 1.39 bits per heavy atom. The number of fused-ring (bicyclic) bond motifs is 3. The summed E-state index contributed by atoms with van der Waals surface area (Å²) in [7, 11) is 0. The van der Waals surface area contributed by atoms with Crippen LogP contribution in [0, 0.1) is 0 Å². The van der Waals surface area contributed by atoms with Crippen molar-refractivity contribution in [3.8, 4) is 0 Å². The molecule has 0 fully saturated rings. The van der Waals surface area contributed by atoms with E-state index in [1.54, 1.807) is 0 Å². The monoisotopic (exact) mass is 259 g/mol. The first-order valence-corrected chi connectivity index (χ1v) is 6.15. The maximum Gasteiger partial charge on any atom is 0.260 e. The normalized spacial score (nSPS) is 11.1. The Bertz CT molecular complexity index is 819. The minimum atomic E-state index is -0.515. The van der Waals surface area contributed by atoms with Crippen LogP contribution in [0.2, 0.25) is 0 Å². The smallest absolute Gasteiger partial charge is 0.260 e. The van der Waals surface area contributed by atoms with E-state index < -0.39 is 5.91 Å². The van der Waals surface area contributed by atoms with Crippen LogP contribution in [0.1, 0.15) is 5.82 Å². The molecule has 3 rings (SSSR count). The van der Waals surface area contributed by atoms with Gasteiger partial charge in [0.2, 0.25) is 5.91 Å². The second-order valence-electron chi connectivity index (χ2n) is 3.93. The summed E-state index contributed by atoms with van der Waals surface area (Å²) in [6, 6.07) is 7.62. The summed E-state index contributed by atoms with van der Waals surface area (Å²) in [4.78, 5) is 30.4. The van der Waals surface area contributed by atoms with Crippen LogP contribution in [-0.2, 0) is 11.2 Å². The van der Waals surface area contributed by atoms with Gasteiger partial charge in [-0.3, -0.25) is 9.59 Å². The second-order valence-corrected chi connectivity index (χ2v) is 4.96. The second kappa shape index (κ2) is 3.92. The molecule has 5 nitrogen and oxygen atoms in total. The largest absolute Gasteiger partial charge is 0.369 e. The fourth-order valence-electron chi connectivity index (χ4n) is 1.92. The lowest BCUT2D eigenvalue weighted by Gasteiger charge is -1.97. The van der Waals surface area contributed by atoms with Gasteiger partial charge in [-0.05, 0) is 6.07 Å². The Hall–Kier alpha value is -2.21. The number of aromatic amines is 1. The molecule has 2 heterocycles. The molecule has 0 saturated carbocycles. The third-order valence-corrected chi connectivity index (χ3v) is 3.70. The van der Waals surface area contributed by atoms with Crippen molar-refractivity contribution in [2.75, 3.05) is 0 Å². The Morgan fingerprint density at radius 2 is 2.17 bits per heavy atom. The third kappa shape index (κ3) is 1.67. The predicted molar refractivity (Wildman–Crippen MR) is 70.6 cm³/mol. The van der Waals surface area contributed by atoms with Gasteiger partial charge in [0.1, 0.15) is 10.7 Å². The molecule has 3 aromatic rings. The Morgan fingerprint density at radius 3 is 2.94 bits per heavy atom. The van der Waals surface area contributed by atoms with E-state index in [1.807, 2.05) is 24.3 Å². The molecule has 1 aromatic carbocycles. The van der Waals surface area contributed by atoms with Crippen LogP contribution in [-0.4, -0.2) is 15.9 Å². The number of primary amides is 1. The number of hydrogen-bond donors (Lipinski definition) is 2. The molecule has 0 saturated heterocycles. The predicted octanol–water partition coefficient (Wildman–Crippen LogP) is 1.17. The van der Waals surface area contributed by atoms with E-state index in [2.05, 4.69) is 9.97 Å². The average Bonchev–Trinajstić information content (AvgIpc) is 2.66. The molecule has 90 valence electrons. The van der Waals surface area contributed by atoms with E-state index in [-0.39, 0.29) is 12.0 Å². The highest BCUT2D eigenvalue weighted by Crippen LogP contribution is 2.29. The lowest BCUT2D eigenvalue weighted by atomic mass is 10.2. The summed E-state index contributed by atoms with van der Waals surface area (Å²) < 4.78 is 1.00. The minimum absolute atomic E-state index is 0.0561. The number of nitrogens with zero attached hydrogens (tertiary/aromatic N) is 1. The van der Waals surface area contributed by atoms with E-state index in [9.17, 15) is 9.59 Å². The number of hydrogen-bond acceptors (Lipinski definition) is 4. The number of benzene rings is 1. The first kappa shape index (κ1) is 10.9. The van der Waals surface area contributed by atoms with Crippen molar-refractivity contribution in [3.63, 3.8) is 0 Å². The molecule has 18 heavy (non-hydrogen) atoms. The molecule has 6 heteroatoms. The van der Waals surface area contributed by atoms with Crippen molar-refractivity contribution in [1.82, 2.24) is 9.97 Å². The number of aromatic nitrogens is 2. The van der Waals surface area contributed by atoms with Crippen LogP contribution >= 0.6 is 11.3 Å². The van der Waals surface area contributed by atoms with E-state index in [0.717, 1.165) is 10.1 Å². The van der Waals surface area contributed by atoms with Gasteiger partial charge < -0.3 is 10.7 Å². The number of carbonyl (C=O) groups is 1. The summed E-state index contributed by atoms with van der Waals surface area (Å²) in [5.41, 5.74) is 4.87. The number of H-pyrrole nitrogens is 1. The topological polar surface area (TPSA) is 88.8 Å². The van der Waals surface area contributed by atoms with E-state index in [0.29, 0.717) is 16.0 Å². The molecule has 0 aliphatic carbocycles. The van der Waals surface area contributed by atoms with Crippen LogP contribution in [0.15, 0.2) is 29.1 Å². The van der Waals surface area contributed by atoms with Crippen LogP contribution in [0.3, 0.4) is 0 Å². The number of amides is 1. The highest BCUT2D eigenvalue weighted by Gasteiger charge is 2.11. The molecule has 3 N–H and O–H groups in total. The molecule has 0 radical (unpaired) electrons. The highest BCUT2D eigenvalue weighted by atomic mass is 32.1. The van der Waals surface area contributed by atoms with Gasteiger partial charge in [0.05, 0.1) is 11.8 Å². The van der Waals surface area contributed by atoms with Crippen molar-refractivity contribution >= 4 is 37.5 Å².